The third kappa shape index (κ3) is 2.69. The van der Waals surface area contributed by atoms with Gasteiger partial charge in [0, 0.05) is 12.6 Å². The number of ether oxygens (including phenoxy) is 1. The molecular weight excluding hydrogens is 166 g/mol. The zero-order valence-corrected chi connectivity index (χ0v) is 6.97. The SMILES string of the molecule is COc1cc(CN)ncn1.Cl. The Hall–Kier alpha value is -0.870. The molecule has 1 heterocycles. The van der Waals surface area contributed by atoms with E-state index < -0.39 is 0 Å². The Labute approximate surface area is 71.2 Å². The molecular formula is C6H10ClN3O. The van der Waals surface area contributed by atoms with Gasteiger partial charge in [0.05, 0.1) is 12.8 Å². The number of hydrogen-bond donors (Lipinski definition) is 1. The Morgan fingerprint density at radius 3 is 2.82 bits per heavy atom. The van der Waals surface area contributed by atoms with Crippen LogP contribution in [0.5, 0.6) is 5.88 Å². The largest absolute Gasteiger partial charge is 0.481 e. The van der Waals surface area contributed by atoms with Crippen molar-refractivity contribution in [1.29, 1.82) is 0 Å². The molecule has 0 spiro atoms. The van der Waals surface area contributed by atoms with Gasteiger partial charge in [-0.2, -0.15) is 0 Å². The summed E-state index contributed by atoms with van der Waals surface area (Å²) in [7, 11) is 1.56. The quantitative estimate of drug-likeness (QED) is 0.706. The summed E-state index contributed by atoms with van der Waals surface area (Å²) in [6, 6.07) is 1.71. The number of halogens is 1. The average molecular weight is 176 g/mol. The summed E-state index contributed by atoms with van der Waals surface area (Å²) in [5.41, 5.74) is 6.11. The Balaban J connectivity index is 0.000001000. The molecule has 11 heavy (non-hydrogen) atoms. The van der Waals surface area contributed by atoms with Gasteiger partial charge in [0.25, 0.3) is 0 Å². The van der Waals surface area contributed by atoms with Gasteiger partial charge in [-0.05, 0) is 0 Å². The van der Waals surface area contributed by atoms with Crippen LogP contribution in [0.25, 0.3) is 0 Å². The molecule has 0 unspecified atom stereocenters. The van der Waals surface area contributed by atoms with Gasteiger partial charge in [-0.3, -0.25) is 0 Å². The molecule has 0 saturated carbocycles. The average Bonchev–Trinajstić information content (AvgIpc) is 2.05. The predicted molar refractivity (Wildman–Crippen MR) is 43.7 cm³/mol. The second kappa shape index (κ2) is 4.87. The highest BCUT2D eigenvalue weighted by molar-refractivity contribution is 5.85. The lowest BCUT2D eigenvalue weighted by Gasteiger charge is -1.98. The maximum Gasteiger partial charge on any atom is 0.216 e. The molecule has 0 atom stereocenters. The fourth-order valence-electron chi connectivity index (χ4n) is 0.600. The van der Waals surface area contributed by atoms with Crippen molar-refractivity contribution in [1.82, 2.24) is 9.97 Å². The van der Waals surface area contributed by atoms with Gasteiger partial charge in [0.15, 0.2) is 0 Å². The normalized spacial score (nSPS) is 8.55. The van der Waals surface area contributed by atoms with E-state index in [0.29, 0.717) is 12.4 Å². The Morgan fingerprint density at radius 1 is 1.55 bits per heavy atom. The third-order valence-corrected chi connectivity index (χ3v) is 1.12. The zero-order chi connectivity index (χ0) is 7.40. The van der Waals surface area contributed by atoms with Crippen LogP contribution in [0.2, 0.25) is 0 Å². The molecule has 0 bridgehead atoms. The van der Waals surface area contributed by atoms with Crippen LogP contribution in [0, 0.1) is 0 Å². The summed E-state index contributed by atoms with van der Waals surface area (Å²) in [5.74, 6) is 0.551. The highest BCUT2D eigenvalue weighted by atomic mass is 35.5. The van der Waals surface area contributed by atoms with E-state index in [1.165, 1.54) is 6.33 Å². The van der Waals surface area contributed by atoms with Crippen LogP contribution >= 0.6 is 12.4 Å². The smallest absolute Gasteiger partial charge is 0.216 e. The minimum atomic E-state index is 0. The fraction of sp³-hybridized carbons (Fsp3) is 0.333. The number of nitrogens with zero attached hydrogens (tertiary/aromatic N) is 2. The number of methoxy groups -OCH3 is 1. The first kappa shape index (κ1) is 10.1. The van der Waals surface area contributed by atoms with Gasteiger partial charge >= 0.3 is 0 Å². The monoisotopic (exact) mass is 175 g/mol. The standard InChI is InChI=1S/C6H9N3O.ClH/c1-10-6-2-5(3-7)8-4-9-6;/h2,4H,3,7H2,1H3;1H. The molecule has 0 aromatic carbocycles. The minimum Gasteiger partial charge on any atom is -0.481 e. The lowest BCUT2D eigenvalue weighted by Crippen LogP contribution is -2.00. The van der Waals surface area contributed by atoms with E-state index in [1.54, 1.807) is 13.2 Å². The van der Waals surface area contributed by atoms with Gasteiger partial charge < -0.3 is 10.5 Å². The first-order chi connectivity index (χ1) is 4.86. The number of aromatic nitrogens is 2. The van der Waals surface area contributed by atoms with Crippen molar-refractivity contribution in [2.75, 3.05) is 7.11 Å². The van der Waals surface area contributed by atoms with E-state index in [2.05, 4.69) is 9.97 Å². The fourth-order valence-corrected chi connectivity index (χ4v) is 0.600. The van der Waals surface area contributed by atoms with Crippen molar-refractivity contribution in [2.45, 2.75) is 6.54 Å². The molecule has 0 aliphatic heterocycles. The zero-order valence-electron chi connectivity index (χ0n) is 6.15. The third-order valence-electron chi connectivity index (χ3n) is 1.12. The maximum absolute atomic E-state index is 5.33. The predicted octanol–water partition coefficient (Wildman–Crippen LogP) is 0.366. The van der Waals surface area contributed by atoms with E-state index in [4.69, 9.17) is 10.5 Å². The topological polar surface area (TPSA) is 61.0 Å². The van der Waals surface area contributed by atoms with Crippen LogP contribution in [0.15, 0.2) is 12.4 Å². The molecule has 2 N–H and O–H groups in total. The van der Waals surface area contributed by atoms with E-state index in [9.17, 15) is 0 Å². The molecule has 0 aliphatic carbocycles. The first-order valence-electron chi connectivity index (χ1n) is 2.92. The molecule has 4 nitrogen and oxygen atoms in total. The number of hydrogen-bond acceptors (Lipinski definition) is 4. The van der Waals surface area contributed by atoms with Crippen molar-refractivity contribution >= 4 is 12.4 Å². The number of rotatable bonds is 2. The minimum absolute atomic E-state index is 0. The molecule has 62 valence electrons. The van der Waals surface area contributed by atoms with Crippen molar-refractivity contribution in [2.24, 2.45) is 5.73 Å². The van der Waals surface area contributed by atoms with E-state index in [-0.39, 0.29) is 12.4 Å². The highest BCUT2D eigenvalue weighted by Crippen LogP contribution is 2.03. The van der Waals surface area contributed by atoms with Crippen LogP contribution in [-0.2, 0) is 6.54 Å². The van der Waals surface area contributed by atoms with Crippen molar-refractivity contribution in [3.8, 4) is 5.88 Å². The lowest BCUT2D eigenvalue weighted by atomic mass is 10.4. The van der Waals surface area contributed by atoms with E-state index in [1.807, 2.05) is 0 Å². The summed E-state index contributed by atoms with van der Waals surface area (Å²) in [4.78, 5) is 7.71. The Kier molecular flexibility index (Phi) is 4.49. The van der Waals surface area contributed by atoms with Gasteiger partial charge in [0.1, 0.15) is 6.33 Å². The number of nitrogens with two attached hydrogens (primary N) is 1. The van der Waals surface area contributed by atoms with Gasteiger partial charge in [0.2, 0.25) is 5.88 Å². The molecule has 0 radical (unpaired) electrons. The van der Waals surface area contributed by atoms with Crippen LogP contribution < -0.4 is 10.5 Å². The summed E-state index contributed by atoms with van der Waals surface area (Å²) in [5, 5.41) is 0. The van der Waals surface area contributed by atoms with Gasteiger partial charge in [-0.25, -0.2) is 9.97 Å². The van der Waals surface area contributed by atoms with E-state index >= 15 is 0 Å². The molecule has 0 fully saturated rings. The molecule has 1 aromatic rings. The summed E-state index contributed by atoms with van der Waals surface area (Å²) in [6.07, 6.45) is 1.43. The Morgan fingerprint density at radius 2 is 2.27 bits per heavy atom. The van der Waals surface area contributed by atoms with E-state index in [0.717, 1.165) is 5.69 Å². The van der Waals surface area contributed by atoms with Gasteiger partial charge in [-0.1, -0.05) is 0 Å². The molecule has 5 heteroatoms. The summed E-state index contributed by atoms with van der Waals surface area (Å²) in [6.45, 7) is 0.416. The molecule has 1 aromatic heterocycles. The van der Waals surface area contributed by atoms with Crippen LogP contribution in [0.3, 0.4) is 0 Å². The van der Waals surface area contributed by atoms with Crippen molar-refractivity contribution in [3.05, 3.63) is 18.1 Å². The second-order valence-electron chi connectivity index (χ2n) is 1.76. The van der Waals surface area contributed by atoms with Crippen molar-refractivity contribution < 1.29 is 4.74 Å². The molecule has 1 rings (SSSR count). The molecule has 0 aliphatic rings. The Bertz CT molecular complexity index is 199. The van der Waals surface area contributed by atoms with Crippen molar-refractivity contribution in [3.63, 3.8) is 0 Å². The lowest BCUT2D eigenvalue weighted by molar-refractivity contribution is 0.396. The highest BCUT2D eigenvalue weighted by Gasteiger charge is 1.93. The van der Waals surface area contributed by atoms with Crippen LogP contribution in [0.1, 0.15) is 5.69 Å². The maximum atomic E-state index is 5.33. The summed E-state index contributed by atoms with van der Waals surface area (Å²) >= 11 is 0. The molecule has 0 saturated heterocycles. The molecule has 0 amide bonds. The summed E-state index contributed by atoms with van der Waals surface area (Å²) < 4.78 is 4.85. The van der Waals surface area contributed by atoms with Crippen LogP contribution in [-0.4, -0.2) is 17.1 Å². The van der Waals surface area contributed by atoms with Crippen LogP contribution in [0.4, 0.5) is 0 Å². The van der Waals surface area contributed by atoms with Gasteiger partial charge in [-0.15, -0.1) is 12.4 Å². The second-order valence-corrected chi connectivity index (χ2v) is 1.76. The first-order valence-corrected chi connectivity index (χ1v) is 2.92.